The highest BCUT2D eigenvalue weighted by atomic mass is 16.7. The first-order valence-corrected chi connectivity index (χ1v) is 17.1. The molecule has 2 aliphatic rings. The lowest BCUT2D eigenvalue weighted by molar-refractivity contribution is -0.387. The van der Waals surface area contributed by atoms with E-state index in [9.17, 15) is 49.7 Å². The average Bonchev–Trinajstić information content (AvgIpc) is 3.61. The molecule has 7 atom stereocenters. The Morgan fingerprint density at radius 2 is 1.82 bits per heavy atom. The Morgan fingerprint density at radius 1 is 1.09 bits per heavy atom. The summed E-state index contributed by atoms with van der Waals surface area (Å²) in [6.07, 6.45) is -4.73. The van der Waals surface area contributed by atoms with Crippen LogP contribution in [-0.4, -0.2) is 155 Å². The summed E-state index contributed by atoms with van der Waals surface area (Å²) < 4.78 is 17.0. The van der Waals surface area contributed by atoms with Crippen molar-refractivity contribution in [3.05, 3.63) is 65.1 Å². The first-order valence-electron chi connectivity index (χ1n) is 17.1. The van der Waals surface area contributed by atoms with Crippen molar-refractivity contribution in [1.29, 1.82) is 0 Å². The number of carbonyl (C=O) groups excluding carboxylic acids is 3. The fourth-order valence-corrected chi connectivity index (χ4v) is 6.16. The van der Waals surface area contributed by atoms with Crippen molar-refractivity contribution in [2.45, 2.75) is 69.2 Å². The molecular weight excluding hydrogens is 728 g/mol. The third-order valence-electron chi connectivity index (χ3n) is 9.42. The van der Waals surface area contributed by atoms with Crippen LogP contribution in [0.15, 0.2) is 49.4 Å². The minimum Gasteiger partial charge on any atom is -0.479 e. The fraction of sp³-hybridized carbons (Fsp3) is 0.471. The number of nitrogens with zero attached hydrogens (tertiary/aromatic N) is 7. The molecule has 0 spiro atoms. The molecule has 21 heteroatoms. The van der Waals surface area contributed by atoms with Gasteiger partial charge in [0.25, 0.3) is 0 Å². The Balaban J connectivity index is 1.15. The minimum absolute atomic E-state index is 0.0522. The number of fused-ring (bicyclic) bond motifs is 1. The number of aromatic nitrogens is 3. The number of likely N-dealkylation sites (N-methyl/N-ethyl adjacent to an activating group) is 2. The molecule has 55 heavy (non-hydrogen) atoms. The van der Waals surface area contributed by atoms with Gasteiger partial charge in [0.05, 0.1) is 10.3 Å². The van der Waals surface area contributed by atoms with Crippen molar-refractivity contribution >= 4 is 46.5 Å². The lowest BCUT2D eigenvalue weighted by Crippen LogP contribution is -2.61. The van der Waals surface area contributed by atoms with Crippen molar-refractivity contribution in [2.75, 3.05) is 39.0 Å². The topological polar surface area (TPSA) is 272 Å². The largest absolute Gasteiger partial charge is 0.479 e. The van der Waals surface area contributed by atoms with Crippen LogP contribution < -0.4 is 10.1 Å². The summed E-state index contributed by atoms with van der Waals surface area (Å²) in [6.45, 7) is 5.79. The summed E-state index contributed by atoms with van der Waals surface area (Å²) in [5, 5.41) is 55.1. The number of ether oxygens (including phenoxy) is 3. The van der Waals surface area contributed by atoms with Crippen LogP contribution in [0, 0.1) is 10.1 Å². The van der Waals surface area contributed by atoms with Crippen LogP contribution in [0.25, 0.3) is 11.0 Å². The van der Waals surface area contributed by atoms with E-state index < -0.39 is 71.8 Å². The molecule has 1 aromatic carbocycles. The highest BCUT2D eigenvalue weighted by Crippen LogP contribution is 2.32. The van der Waals surface area contributed by atoms with E-state index in [-0.39, 0.29) is 36.6 Å². The molecule has 0 unspecified atom stereocenters. The normalized spacial score (nSPS) is 23.7. The average molecular weight is 771 g/mol. The Bertz CT molecular complexity index is 1940. The number of hydrogen-bond acceptors (Lipinski definition) is 15. The Hall–Kier alpha value is -5.90. The molecule has 4 heterocycles. The number of aliphatic hydroxyl groups excluding tert-OH is 3. The summed E-state index contributed by atoms with van der Waals surface area (Å²) in [5.74, 6) is -1.74. The van der Waals surface area contributed by atoms with Crippen LogP contribution in [-0.2, 0) is 25.7 Å². The molecule has 5 rings (SSSR count). The standard InChI is InChI=1S/C34H42N8O13/c1-5-24(43)41-15-20(8-6-18(41)2)37-29-21-10-11-40(30(21)36-17-35-29)33(49)38(3)12-13-39(4)34(50)53-16-19-7-9-23(22(14-19)42(51)52)54-32-27(46)25(44)26(45)28(55-32)31(47)48/h5,7,9-11,14,17-18,20,25-28,32,44-46H,1,6,8,12-13,15-16H2,2-4H3,(H,47,48)(H,35,36,37)/t18-,20+,25-,26-,27+,28-,32+/m0/s1. The van der Waals surface area contributed by atoms with E-state index in [0.29, 0.717) is 23.4 Å². The van der Waals surface area contributed by atoms with Crippen molar-refractivity contribution < 1.29 is 58.7 Å². The monoisotopic (exact) mass is 770 g/mol. The number of aliphatic hydroxyl groups is 3. The van der Waals surface area contributed by atoms with Gasteiger partial charge in [0.1, 0.15) is 37.1 Å². The molecule has 5 N–H and O–H groups in total. The van der Waals surface area contributed by atoms with Gasteiger partial charge in [-0.15, -0.1) is 0 Å². The fourth-order valence-electron chi connectivity index (χ4n) is 6.16. The summed E-state index contributed by atoms with van der Waals surface area (Å²) in [4.78, 5) is 73.9. The molecule has 0 bridgehead atoms. The van der Waals surface area contributed by atoms with E-state index >= 15 is 0 Å². The van der Waals surface area contributed by atoms with Gasteiger partial charge >= 0.3 is 23.8 Å². The number of carboxylic acid groups (broad SMARTS) is 1. The van der Waals surface area contributed by atoms with Gasteiger partial charge in [-0.25, -0.2) is 24.4 Å². The van der Waals surface area contributed by atoms with Gasteiger partial charge in [-0.2, -0.15) is 0 Å². The molecule has 2 aromatic heterocycles. The van der Waals surface area contributed by atoms with Crippen LogP contribution in [0.3, 0.4) is 0 Å². The first-order chi connectivity index (χ1) is 26.1. The summed E-state index contributed by atoms with van der Waals surface area (Å²) in [6, 6.07) is 4.76. The second-order valence-electron chi connectivity index (χ2n) is 13.2. The maximum absolute atomic E-state index is 13.4. The number of nitrogens with one attached hydrogen (secondary N) is 1. The number of aliphatic carboxylic acids is 1. The number of hydrogen-bond donors (Lipinski definition) is 5. The zero-order chi connectivity index (χ0) is 40.1. The quantitative estimate of drug-likeness (QED) is 0.0966. The van der Waals surface area contributed by atoms with Gasteiger partial charge in [0.2, 0.25) is 12.2 Å². The number of likely N-dealkylation sites (tertiary alicyclic amines) is 1. The van der Waals surface area contributed by atoms with Gasteiger partial charge in [0, 0.05) is 58.1 Å². The van der Waals surface area contributed by atoms with Gasteiger partial charge in [-0.05, 0) is 43.5 Å². The summed E-state index contributed by atoms with van der Waals surface area (Å²) in [5.41, 5.74) is -0.113. The molecule has 3 amide bonds. The number of nitro benzene ring substituents is 1. The number of carbonyl (C=O) groups is 4. The Kier molecular flexibility index (Phi) is 12.5. The van der Waals surface area contributed by atoms with Gasteiger partial charge in [0.15, 0.2) is 17.5 Å². The zero-order valence-corrected chi connectivity index (χ0v) is 30.1. The Morgan fingerprint density at radius 3 is 2.51 bits per heavy atom. The molecule has 0 saturated carbocycles. The lowest BCUT2D eigenvalue weighted by Gasteiger charge is -2.38. The highest BCUT2D eigenvalue weighted by molar-refractivity contribution is 5.94. The number of rotatable bonds is 12. The predicted octanol–water partition coefficient (Wildman–Crippen LogP) is 0.756. The highest BCUT2D eigenvalue weighted by Gasteiger charge is 2.48. The predicted molar refractivity (Wildman–Crippen MR) is 190 cm³/mol. The SMILES string of the molecule is C=CC(=O)N1C[C@H](Nc2ncnc3c2ccn3C(=O)N(C)CCN(C)C(=O)OCc2ccc(O[C@@H]3O[C@H](C(=O)O)[C@@H](O)[C@H](O)[C@H]3O)c([N+](=O)[O-])c2)CC[C@@H]1C. The molecule has 2 saturated heterocycles. The minimum atomic E-state index is -1.98. The van der Waals surface area contributed by atoms with Crippen molar-refractivity contribution in [3.63, 3.8) is 0 Å². The number of amides is 3. The third-order valence-corrected chi connectivity index (χ3v) is 9.42. The van der Waals surface area contributed by atoms with Crippen LogP contribution >= 0.6 is 0 Å². The van der Waals surface area contributed by atoms with Crippen LogP contribution in [0.2, 0.25) is 0 Å². The molecular formula is C34H42N8O13. The van der Waals surface area contributed by atoms with Crippen molar-refractivity contribution in [1.82, 2.24) is 29.2 Å². The maximum Gasteiger partial charge on any atom is 0.409 e. The summed E-state index contributed by atoms with van der Waals surface area (Å²) in [7, 11) is 2.99. The van der Waals surface area contributed by atoms with Crippen LogP contribution in [0.5, 0.6) is 5.75 Å². The van der Waals surface area contributed by atoms with Crippen LogP contribution in [0.4, 0.5) is 21.1 Å². The van der Waals surface area contributed by atoms with E-state index in [0.717, 1.165) is 25.0 Å². The van der Waals surface area contributed by atoms with E-state index in [1.54, 1.807) is 24.2 Å². The van der Waals surface area contributed by atoms with Crippen molar-refractivity contribution in [3.8, 4) is 5.75 Å². The second kappa shape index (κ2) is 17.1. The molecule has 3 aromatic rings. The Labute approximate surface area is 313 Å². The van der Waals surface area contributed by atoms with E-state index in [1.807, 2.05) is 6.92 Å². The zero-order valence-electron chi connectivity index (χ0n) is 30.1. The number of carboxylic acids is 1. The molecule has 2 aliphatic heterocycles. The number of piperidine rings is 1. The lowest BCUT2D eigenvalue weighted by atomic mass is 9.99. The number of benzene rings is 1. The number of anilines is 1. The smallest absolute Gasteiger partial charge is 0.409 e. The van der Waals surface area contributed by atoms with E-state index in [2.05, 4.69) is 21.9 Å². The molecule has 2 fully saturated rings. The molecule has 296 valence electrons. The molecule has 0 aliphatic carbocycles. The second-order valence-corrected chi connectivity index (χ2v) is 13.2. The molecule has 21 nitrogen and oxygen atoms in total. The van der Waals surface area contributed by atoms with Crippen molar-refractivity contribution in [2.24, 2.45) is 0 Å². The van der Waals surface area contributed by atoms with Gasteiger partial charge < -0.3 is 54.7 Å². The van der Waals surface area contributed by atoms with E-state index in [1.165, 1.54) is 39.9 Å². The van der Waals surface area contributed by atoms with E-state index in [4.69, 9.17) is 14.2 Å². The third kappa shape index (κ3) is 8.91. The van der Waals surface area contributed by atoms with Gasteiger partial charge in [-0.3, -0.25) is 19.5 Å². The van der Waals surface area contributed by atoms with Crippen LogP contribution in [0.1, 0.15) is 25.3 Å². The number of nitro groups is 1. The van der Waals surface area contributed by atoms with Gasteiger partial charge in [-0.1, -0.05) is 12.6 Å². The maximum atomic E-state index is 13.4. The first kappa shape index (κ1) is 40.3. The summed E-state index contributed by atoms with van der Waals surface area (Å²) >= 11 is 0. The molecule has 0 radical (unpaired) electrons.